The van der Waals surface area contributed by atoms with Crippen LogP contribution in [0.1, 0.15) is 49.4 Å². The highest BCUT2D eigenvalue weighted by Crippen LogP contribution is 2.46. The Morgan fingerprint density at radius 3 is 2.80 bits per heavy atom. The van der Waals surface area contributed by atoms with Crippen LogP contribution < -0.4 is 10.2 Å². The number of aliphatic hydroxyl groups is 2. The van der Waals surface area contributed by atoms with Gasteiger partial charge < -0.3 is 30.2 Å². The molecule has 242 valence electrons. The number of methoxy groups -OCH3 is 1. The maximum absolute atomic E-state index is 13.9. The lowest BCUT2D eigenvalue weighted by Crippen LogP contribution is -2.44. The quantitative estimate of drug-likeness (QED) is 0.0881. The number of anilines is 2. The van der Waals surface area contributed by atoms with Gasteiger partial charge >= 0.3 is 5.97 Å². The Morgan fingerprint density at radius 1 is 1.17 bits per heavy atom. The van der Waals surface area contributed by atoms with Gasteiger partial charge in [-0.2, -0.15) is 0 Å². The summed E-state index contributed by atoms with van der Waals surface area (Å²) in [5.74, 6) is -1.59. The van der Waals surface area contributed by atoms with Crippen LogP contribution in [-0.2, 0) is 44.1 Å². The van der Waals surface area contributed by atoms with Crippen molar-refractivity contribution in [1.29, 1.82) is 0 Å². The number of hydrogen-bond acceptors (Lipinski definition) is 8. The van der Waals surface area contributed by atoms with Crippen molar-refractivity contribution in [2.75, 3.05) is 30.5 Å². The molecule has 2 amide bonds. The summed E-state index contributed by atoms with van der Waals surface area (Å²) in [4.78, 5) is 43.3. The van der Waals surface area contributed by atoms with Gasteiger partial charge in [0.25, 0.3) is 5.91 Å². The van der Waals surface area contributed by atoms with Crippen LogP contribution in [0.15, 0.2) is 67.0 Å². The maximum atomic E-state index is 13.9. The number of ether oxygens (including phenoxy) is 1. The van der Waals surface area contributed by atoms with E-state index in [1.54, 1.807) is 40.9 Å². The molecule has 0 fully saturated rings. The molecule has 12 heteroatoms. The van der Waals surface area contributed by atoms with E-state index in [4.69, 9.17) is 9.84 Å². The zero-order valence-electron chi connectivity index (χ0n) is 26.1. The van der Waals surface area contributed by atoms with Gasteiger partial charge in [-0.3, -0.25) is 19.1 Å². The normalized spacial score (nSPS) is 16.7. The first-order valence-electron chi connectivity index (χ1n) is 15.5. The van der Waals surface area contributed by atoms with Crippen LogP contribution in [0.4, 0.5) is 11.4 Å². The molecule has 0 unspecified atom stereocenters. The Kier molecular flexibility index (Phi) is 10.3. The predicted octanol–water partition coefficient (Wildman–Crippen LogP) is 3.64. The minimum Gasteiger partial charge on any atom is -0.469 e. The van der Waals surface area contributed by atoms with E-state index in [2.05, 4.69) is 20.6 Å². The molecule has 4 aromatic rings. The molecule has 2 atom stereocenters. The number of H-pyrrole nitrogens is 1. The van der Waals surface area contributed by atoms with Crippen molar-refractivity contribution in [2.24, 2.45) is 5.92 Å². The molecule has 1 aliphatic rings. The first-order valence-corrected chi connectivity index (χ1v) is 15.5. The largest absolute Gasteiger partial charge is 0.469 e. The van der Waals surface area contributed by atoms with Crippen LogP contribution in [0.2, 0.25) is 0 Å². The van der Waals surface area contributed by atoms with Crippen molar-refractivity contribution in [3.05, 3.63) is 83.8 Å². The third-order valence-corrected chi connectivity index (χ3v) is 8.38. The molecule has 12 nitrogen and oxygen atoms in total. The van der Waals surface area contributed by atoms with Gasteiger partial charge in [0.2, 0.25) is 5.91 Å². The van der Waals surface area contributed by atoms with Gasteiger partial charge in [-0.15, -0.1) is 5.10 Å². The number of fused-ring (bicyclic) bond motifs is 2. The number of aromatic amines is 1. The monoisotopic (exact) mass is 628 g/mol. The Balaban J connectivity index is 1.33. The molecule has 46 heavy (non-hydrogen) atoms. The second-order valence-corrected chi connectivity index (χ2v) is 11.5. The van der Waals surface area contributed by atoms with Gasteiger partial charge in [-0.1, -0.05) is 42.5 Å². The number of nitrogens with zero attached hydrogens (tertiary/aromatic N) is 4. The average molecular weight is 629 g/mol. The van der Waals surface area contributed by atoms with Crippen molar-refractivity contribution in [2.45, 2.75) is 57.6 Å². The molecule has 0 spiro atoms. The highest BCUT2D eigenvalue weighted by Gasteiger charge is 2.52. The van der Waals surface area contributed by atoms with Gasteiger partial charge in [-0.25, -0.2) is 0 Å². The number of para-hydroxylation sites is 1. The standard InChI is InChI=1S/C34H40N6O6/c1-23(9-5-7-16-39-22-26(15-18-41)37-38-39)34(45)28-20-25(36-31(42)19-24-21-35-29-11-4-3-10-27(24)29)13-14-30(28)40(33(34)44)17-8-6-12-32(43)46-2/h3-5,9-11,13-14,20-23,35,41,45H,6-8,12,15-19H2,1-2H3,(H,36,42)/b9-5+/t23-,34+/m0/s1. The minimum atomic E-state index is -1.87. The van der Waals surface area contributed by atoms with Crippen LogP contribution in [0.5, 0.6) is 0 Å². The molecule has 0 saturated carbocycles. The summed E-state index contributed by atoms with van der Waals surface area (Å²) in [5, 5.41) is 33.2. The summed E-state index contributed by atoms with van der Waals surface area (Å²) in [7, 11) is 1.34. The van der Waals surface area contributed by atoms with Gasteiger partial charge in [0, 0.05) is 73.0 Å². The van der Waals surface area contributed by atoms with Gasteiger partial charge in [0.05, 0.1) is 24.9 Å². The first-order chi connectivity index (χ1) is 22.2. The number of hydrogen-bond donors (Lipinski definition) is 4. The second-order valence-electron chi connectivity index (χ2n) is 11.5. The molecule has 3 heterocycles. The van der Waals surface area contributed by atoms with Crippen LogP contribution in [0.25, 0.3) is 10.9 Å². The number of aliphatic hydroxyl groups excluding tert-OH is 1. The number of esters is 1. The zero-order valence-corrected chi connectivity index (χ0v) is 26.1. The number of unbranched alkanes of at least 4 members (excludes halogenated alkanes) is 1. The van der Waals surface area contributed by atoms with E-state index in [-0.39, 0.29) is 31.3 Å². The molecule has 0 saturated heterocycles. The van der Waals surface area contributed by atoms with E-state index in [0.717, 1.165) is 16.5 Å². The van der Waals surface area contributed by atoms with Gasteiger partial charge in [-0.05, 0) is 49.1 Å². The zero-order chi connectivity index (χ0) is 32.7. The third-order valence-electron chi connectivity index (χ3n) is 8.38. The Bertz CT molecular complexity index is 1730. The molecule has 5 rings (SSSR count). The summed E-state index contributed by atoms with van der Waals surface area (Å²) < 4.78 is 6.41. The number of rotatable bonds is 15. The summed E-state index contributed by atoms with van der Waals surface area (Å²) in [6, 6.07) is 12.9. The fourth-order valence-corrected chi connectivity index (χ4v) is 5.87. The van der Waals surface area contributed by atoms with Crippen LogP contribution in [0, 0.1) is 5.92 Å². The number of aryl methyl sites for hydroxylation is 1. The lowest BCUT2D eigenvalue weighted by atomic mass is 9.82. The molecular formula is C34H40N6O6. The molecule has 0 aliphatic carbocycles. The SMILES string of the molecule is COC(=O)CCCCN1C(=O)[C@@](O)([C@@H](C)/C=C/CCn2cc(CCO)nn2)c2cc(NC(=O)Cc3c[nH]c4ccccc34)ccc21. The topological polar surface area (TPSA) is 163 Å². The van der Waals surface area contributed by atoms with Gasteiger partial charge in [0.1, 0.15) is 0 Å². The van der Waals surface area contributed by atoms with E-state index in [1.165, 1.54) is 7.11 Å². The fraction of sp³-hybridized carbons (Fsp3) is 0.382. The fourth-order valence-electron chi connectivity index (χ4n) is 5.87. The molecule has 1 aliphatic heterocycles. The number of allylic oxidation sites excluding steroid dienone is 1. The van der Waals surface area contributed by atoms with E-state index in [9.17, 15) is 19.5 Å². The first kappa shape index (κ1) is 32.6. The Morgan fingerprint density at radius 2 is 2.00 bits per heavy atom. The molecule has 2 aromatic carbocycles. The number of nitrogens with one attached hydrogen (secondary N) is 2. The highest BCUT2D eigenvalue weighted by molar-refractivity contribution is 6.08. The van der Waals surface area contributed by atoms with Crippen molar-refractivity contribution < 1.29 is 29.3 Å². The smallest absolute Gasteiger partial charge is 0.305 e. The average Bonchev–Trinajstić information content (AvgIpc) is 3.74. The predicted molar refractivity (Wildman–Crippen MR) is 173 cm³/mol. The van der Waals surface area contributed by atoms with Gasteiger partial charge in [0.15, 0.2) is 5.60 Å². The molecular weight excluding hydrogens is 588 g/mol. The lowest BCUT2D eigenvalue weighted by Gasteiger charge is -2.28. The third kappa shape index (κ3) is 7.03. The summed E-state index contributed by atoms with van der Waals surface area (Å²) in [6.07, 6.45) is 9.82. The van der Waals surface area contributed by atoms with E-state index >= 15 is 0 Å². The Hall–Kier alpha value is -4.81. The number of carbonyl (C=O) groups is 3. The number of benzene rings is 2. The van der Waals surface area contributed by atoms with Crippen molar-refractivity contribution in [1.82, 2.24) is 20.0 Å². The summed E-state index contributed by atoms with van der Waals surface area (Å²) in [5.41, 5.74) is 2.12. The maximum Gasteiger partial charge on any atom is 0.305 e. The lowest BCUT2D eigenvalue weighted by molar-refractivity contribution is -0.140. The molecule has 4 N–H and O–H groups in total. The second kappa shape index (κ2) is 14.5. The Labute approximate surface area is 267 Å². The minimum absolute atomic E-state index is 0.00197. The van der Waals surface area contributed by atoms with Crippen molar-refractivity contribution >= 4 is 40.1 Å². The highest BCUT2D eigenvalue weighted by atomic mass is 16.5. The molecule has 0 bridgehead atoms. The van der Waals surface area contributed by atoms with Crippen LogP contribution in [0.3, 0.4) is 0 Å². The number of amides is 2. The van der Waals surface area contributed by atoms with Crippen molar-refractivity contribution in [3.63, 3.8) is 0 Å². The van der Waals surface area contributed by atoms with E-state index in [1.807, 2.05) is 42.6 Å². The van der Waals surface area contributed by atoms with Crippen molar-refractivity contribution in [3.8, 4) is 0 Å². The summed E-state index contributed by atoms with van der Waals surface area (Å²) in [6.45, 7) is 2.65. The summed E-state index contributed by atoms with van der Waals surface area (Å²) >= 11 is 0. The number of carbonyl (C=O) groups excluding carboxylic acids is 3. The number of aromatic nitrogens is 4. The van der Waals surface area contributed by atoms with E-state index in [0.29, 0.717) is 61.4 Å². The van der Waals surface area contributed by atoms with E-state index < -0.39 is 17.4 Å². The molecule has 0 radical (unpaired) electrons. The molecule has 2 aromatic heterocycles. The van der Waals surface area contributed by atoms with Crippen LogP contribution in [-0.4, -0.2) is 68.2 Å². The van der Waals surface area contributed by atoms with Crippen LogP contribution >= 0.6 is 0 Å².